The van der Waals surface area contributed by atoms with Crippen molar-refractivity contribution in [3.8, 4) is 11.5 Å². The fraction of sp³-hybridized carbons (Fsp3) is 0.182. The number of hydrogen-bond donors (Lipinski definition) is 0. The first-order chi connectivity index (χ1) is 8.93. The number of nitrogens with zero attached hydrogens (tertiary/aromatic N) is 3. The molecule has 0 atom stereocenters. The van der Waals surface area contributed by atoms with Gasteiger partial charge in [0, 0.05) is 24.8 Å². The second-order valence-electron chi connectivity index (χ2n) is 3.34. The van der Waals surface area contributed by atoms with E-state index < -0.39 is 17.8 Å². The Bertz CT molecular complexity index is 590. The van der Waals surface area contributed by atoms with Crippen LogP contribution in [0.15, 0.2) is 23.3 Å². The Kier molecular flexibility index (Phi) is 4.62. The summed E-state index contributed by atoms with van der Waals surface area (Å²) in [4.78, 5) is 35.6. The Morgan fingerprint density at radius 3 is 2.32 bits per heavy atom. The van der Waals surface area contributed by atoms with Crippen molar-refractivity contribution in [3.63, 3.8) is 0 Å². The molecule has 1 aromatic rings. The molecule has 0 aliphatic carbocycles. The number of ether oxygens (including phenoxy) is 2. The molecule has 0 aromatic heterocycles. The maximum atomic E-state index is 11.5. The highest BCUT2D eigenvalue weighted by atomic mass is 16.5. The van der Waals surface area contributed by atoms with Crippen LogP contribution in [0.5, 0.6) is 11.5 Å². The maximum absolute atomic E-state index is 11.5. The van der Waals surface area contributed by atoms with Crippen LogP contribution in [0.2, 0.25) is 0 Å². The van der Waals surface area contributed by atoms with Crippen molar-refractivity contribution >= 4 is 17.8 Å². The molecular weight excluding hydrogens is 254 g/mol. The number of amides is 1. The first kappa shape index (κ1) is 14.2. The summed E-state index contributed by atoms with van der Waals surface area (Å²) in [6, 6.07) is 3.73. The van der Waals surface area contributed by atoms with Crippen LogP contribution in [0.4, 0.5) is 0 Å². The first-order valence-corrected chi connectivity index (χ1v) is 5.04. The Hall–Kier alpha value is -2.86. The van der Waals surface area contributed by atoms with Crippen LogP contribution in [-0.2, 0) is 9.59 Å². The Balaban J connectivity index is 3.22. The largest absolute Gasteiger partial charge is 0.427 e. The van der Waals surface area contributed by atoms with Crippen molar-refractivity contribution in [3.05, 3.63) is 34.2 Å². The summed E-state index contributed by atoms with van der Waals surface area (Å²) in [5.74, 6) is -2.20. The van der Waals surface area contributed by atoms with Crippen LogP contribution in [-0.4, -0.2) is 17.8 Å². The molecule has 98 valence electrons. The smallest absolute Gasteiger partial charge is 0.308 e. The molecule has 1 rings (SSSR count). The van der Waals surface area contributed by atoms with Gasteiger partial charge in [-0.2, -0.15) is 0 Å². The van der Waals surface area contributed by atoms with Crippen LogP contribution in [0, 0.1) is 0 Å². The molecule has 0 bridgehead atoms. The van der Waals surface area contributed by atoms with Gasteiger partial charge in [0.15, 0.2) is 0 Å². The SMILES string of the molecule is CC(=O)Oc1ccc(C(=O)N=[N+]=[N-])c(OC(C)=O)c1. The van der Waals surface area contributed by atoms with Gasteiger partial charge in [0.2, 0.25) is 0 Å². The molecular formula is C11H9N3O5. The first-order valence-electron chi connectivity index (χ1n) is 5.04. The molecule has 0 aliphatic rings. The Morgan fingerprint density at radius 1 is 1.16 bits per heavy atom. The van der Waals surface area contributed by atoms with Gasteiger partial charge in [-0.25, -0.2) is 0 Å². The van der Waals surface area contributed by atoms with Gasteiger partial charge in [0.05, 0.1) is 5.56 Å². The van der Waals surface area contributed by atoms with Crippen molar-refractivity contribution in [2.75, 3.05) is 0 Å². The second kappa shape index (κ2) is 6.18. The molecule has 19 heavy (non-hydrogen) atoms. The van der Waals surface area contributed by atoms with E-state index in [2.05, 4.69) is 10.0 Å². The number of benzene rings is 1. The van der Waals surface area contributed by atoms with E-state index in [0.29, 0.717) is 0 Å². The van der Waals surface area contributed by atoms with Crippen LogP contribution in [0.25, 0.3) is 10.4 Å². The van der Waals surface area contributed by atoms with Gasteiger partial charge in [0.1, 0.15) is 11.5 Å². The van der Waals surface area contributed by atoms with E-state index in [-0.39, 0.29) is 17.1 Å². The van der Waals surface area contributed by atoms with E-state index in [0.717, 1.165) is 6.92 Å². The lowest BCUT2D eigenvalue weighted by Crippen LogP contribution is -2.08. The molecule has 1 aromatic carbocycles. The molecule has 0 heterocycles. The van der Waals surface area contributed by atoms with E-state index in [1.54, 1.807) is 0 Å². The van der Waals surface area contributed by atoms with Crippen molar-refractivity contribution in [2.24, 2.45) is 5.11 Å². The van der Waals surface area contributed by atoms with Crippen LogP contribution in [0.3, 0.4) is 0 Å². The predicted molar refractivity (Wildman–Crippen MR) is 62.5 cm³/mol. The third kappa shape index (κ3) is 4.14. The number of hydrogen-bond acceptors (Lipinski definition) is 5. The predicted octanol–water partition coefficient (Wildman–Crippen LogP) is 1.99. The number of carbonyl (C=O) groups is 3. The highest BCUT2D eigenvalue weighted by Gasteiger charge is 2.14. The van der Waals surface area contributed by atoms with Crippen molar-refractivity contribution in [1.29, 1.82) is 0 Å². The van der Waals surface area contributed by atoms with E-state index in [9.17, 15) is 14.4 Å². The summed E-state index contributed by atoms with van der Waals surface area (Å²) < 4.78 is 9.59. The molecule has 0 unspecified atom stereocenters. The second-order valence-corrected chi connectivity index (χ2v) is 3.34. The van der Waals surface area contributed by atoms with Crippen molar-refractivity contribution in [2.45, 2.75) is 13.8 Å². The van der Waals surface area contributed by atoms with Crippen molar-refractivity contribution < 1.29 is 23.9 Å². The lowest BCUT2D eigenvalue weighted by atomic mass is 10.2. The molecule has 0 spiro atoms. The summed E-state index contributed by atoms with van der Waals surface area (Å²) in [6.45, 7) is 2.34. The zero-order chi connectivity index (χ0) is 14.4. The zero-order valence-corrected chi connectivity index (χ0v) is 10.1. The summed E-state index contributed by atoms with van der Waals surface area (Å²) in [7, 11) is 0. The third-order valence-electron chi connectivity index (χ3n) is 1.83. The minimum Gasteiger partial charge on any atom is -0.427 e. The molecule has 0 fully saturated rings. The van der Waals surface area contributed by atoms with Gasteiger partial charge in [0.25, 0.3) is 5.91 Å². The van der Waals surface area contributed by atoms with Crippen LogP contribution >= 0.6 is 0 Å². The van der Waals surface area contributed by atoms with E-state index in [1.165, 1.54) is 25.1 Å². The molecule has 8 nitrogen and oxygen atoms in total. The quantitative estimate of drug-likeness (QED) is 0.271. The van der Waals surface area contributed by atoms with E-state index in [1.807, 2.05) is 0 Å². The molecule has 0 aliphatic heterocycles. The number of carbonyl (C=O) groups excluding carboxylic acids is 3. The number of azide groups is 1. The molecule has 0 N–H and O–H groups in total. The molecule has 0 radical (unpaired) electrons. The molecule has 8 heteroatoms. The highest BCUT2D eigenvalue weighted by Crippen LogP contribution is 2.26. The minimum atomic E-state index is -0.909. The summed E-state index contributed by atoms with van der Waals surface area (Å²) in [5, 5.41) is 2.90. The van der Waals surface area contributed by atoms with Gasteiger partial charge in [-0.1, -0.05) is 0 Å². The topological polar surface area (TPSA) is 118 Å². The summed E-state index contributed by atoms with van der Waals surface area (Å²) in [5.41, 5.74) is 8.10. The normalized spacial score (nSPS) is 9.16. The fourth-order valence-electron chi connectivity index (χ4n) is 1.24. The standard InChI is InChI=1S/C11H9N3O5/c1-6(15)18-8-3-4-9(11(17)13-14-12)10(5-8)19-7(2)16/h3-5H,1-2H3. The van der Waals surface area contributed by atoms with Gasteiger partial charge in [-0.05, 0) is 22.8 Å². The number of rotatable bonds is 3. The van der Waals surface area contributed by atoms with E-state index in [4.69, 9.17) is 15.0 Å². The maximum Gasteiger partial charge on any atom is 0.308 e. The van der Waals surface area contributed by atoms with E-state index >= 15 is 0 Å². The minimum absolute atomic E-state index is 0.0984. The average molecular weight is 263 g/mol. The lowest BCUT2D eigenvalue weighted by Gasteiger charge is -2.08. The average Bonchev–Trinajstić information content (AvgIpc) is 2.27. The lowest BCUT2D eigenvalue weighted by molar-refractivity contribution is -0.132. The summed E-state index contributed by atoms with van der Waals surface area (Å²) >= 11 is 0. The molecule has 0 saturated heterocycles. The van der Waals surface area contributed by atoms with Crippen LogP contribution < -0.4 is 9.47 Å². The Morgan fingerprint density at radius 2 is 1.79 bits per heavy atom. The monoisotopic (exact) mass is 263 g/mol. The van der Waals surface area contributed by atoms with Gasteiger partial charge in [-0.3, -0.25) is 14.4 Å². The van der Waals surface area contributed by atoms with Gasteiger partial charge >= 0.3 is 11.9 Å². The fourth-order valence-corrected chi connectivity index (χ4v) is 1.24. The highest BCUT2D eigenvalue weighted by molar-refractivity contribution is 5.98. The Labute approximate surface area is 107 Å². The molecule has 1 amide bonds. The van der Waals surface area contributed by atoms with Crippen LogP contribution in [0.1, 0.15) is 24.2 Å². The van der Waals surface area contributed by atoms with Gasteiger partial charge < -0.3 is 9.47 Å². The zero-order valence-electron chi connectivity index (χ0n) is 10.1. The van der Waals surface area contributed by atoms with Crippen molar-refractivity contribution in [1.82, 2.24) is 0 Å². The third-order valence-corrected chi connectivity index (χ3v) is 1.83. The van der Waals surface area contributed by atoms with Gasteiger partial charge in [-0.15, -0.1) is 0 Å². The number of esters is 2. The molecule has 0 saturated carbocycles. The summed E-state index contributed by atoms with van der Waals surface area (Å²) in [6.07, 6.45) is 0.